The van der Waals surface area contributed by atoms with E-state index in [1.165, 1.54) is 0 Å². The molecule has 4 rings (SSSR count). The zero-order chi connectivity index (χ0) is 37.5. The first-order valence-electron chi connectivity index (χ1n) is 16.6. The highest BCUT2D eigenvalue weighted by molar-refractivity contribution is 7.54. The van der Waals surface area contributed by atoms with Crippen molar-refractivity contribution in [3.05, 3.63) is 106 Å². The summed E-state index contributed by atoms with van der Waals surface area (Å²) in [6.45, 7) is 4.09. The second kappa shape index (κ2) is 19.8. The molecule has 0 aliphatic rings. The molecule has 0 aromatic heterocycles. The molecule has 52 heavy (non-hydrogen) atoms. The number of ether oxygens (including phenoxy) is 6. The van der Waals surface area contributed by atoms with Crippen LogP contribution >= 0.6 is 19.2 Å². The van der Waals surface area contributed by atoms with Crippen LogP contribution in [0.5, 0.6) is 28.7 Å². The van der Waals surface area contributed by atoms with Gasteiger partial charge in [-0.3, -0.25) is 9.36 Å². The van der Waals surface area contributed by atoms with Crippen molar-refractivity contribution in [2.24, 2.45) is 0 Å². The molecule has 13 heteroatoms. The monoisotopic (exact) mass is 753 g/mol. The van der Waals surface area contributed by atoms with E-state index in [2.05, 4.69) is 5.32 Å². The molecule has 1 N–H and O–H groups in total. The molecule has 0 heterocycles. The number of esters is 1. The fraction of sp³-hybridized carbons (Fsp3) is 0.308. The van der Waals surface area contributed by atoms with E-state index in [0.717, 1.165) is 16.7 Å². The van der Waals surface area contributed by atoms with Crippen LogP contribution in [-0.4, -0.2) is 60.8 Å². The van der Waals surface area contributed by atoms with Gasteiger partial charge in [0.25, 0.3) is 0 Å². The van der Waals surface area contributed by atoms with E-state index in [4.69, 9.17) is 49.1 Å². The Labute approximate surface area is 310 Å². The number of anilines is 1. The molecule has 4 aromatic carbocycles. The quantitative estimate of drug-likeness (QED) is 0.0403. The van der Waals surface area contributed by atoms with Crippen LogP contribution in [0.15, 0.2) is 78.9 Å². The fourth-order valence-electron chi connectivity index (χ4n) is 5.27. The molecule has 11 nitrogen and oxygen atoms in total. The summed E-state index contributed by atoms with van der Waals surface area (Å²) in [5.41, 5.74) is 3.76. The summed E-state index contributed by atoms with van der Waals surface area (Å²) in [6, 6.07) is 23.5. The lowest BCUT2D eigenvalue weighted by Gasteiger charge is -2.28. The molecule has 0 spiro atoms. The summed E-state index contributed by atoms with van der Waals surface area (Å²) in [4.78, 5) is 12.7. The number of carbonyl (C=O) groups is 1. The number of carbonyl (C=O) groups excluding carboxylic acids is 1. The summed E-state index contributed by atoms with van der Waals surface area (Å²) in [5.74, 6) is 1.45. The van der Waals surface area contributed by atoms with Crippen LogP contribution in [0.3, 0.4) is 0 Å². The maximum absolute atomic E-state index is 13.8. The van der Waals surface area contributed by atoms with Gasteiger partial charge in [0, 0.05) is 10.7 Å². The van der Waals surface area contributed by atoms with Gasteiger partial charge in [-0.05, 0) is 84.6 Å². The Morgan fingerprint density at radius 1 is 0.750 bits per heavy atom. The Hall–Kier alpha value is -4.67. The predicted molar refractivity (Wildman–Crippen MR) is 203 cm³/mol. The van der Waals surface area contributed by atoms with Crippen LogP contribution in [0.2, 0.25) is 5.02 Å². The molecule has 4 aromatic rings. The zero-order valence-electron chi connectivity index (χ0n) is 30.2. The SMILES string of the molecule is CCOP(=O)(OCC)C(Nc1ccc(CC(=O)OCCOc2cc(/C=C\c3cc(OC)c(OC)c(OC)c3)ccc2OC)cc1)c1cccc(Cl)c1. The summed E-state index contributed by atoms with van der Waals surface area (Å²) in [6.07, 6.45) is 3.89. The topological polar surface area (TPSA) is 120 Å². The van der Waals surface area contributed by atoms with Gasteiger partial charge < -0.3 is 42.8 Å². The summed E-state index contributed by atoms with van der Waals surface area (Å²) < 4.78 is 58.3. The van der Waals surface area contributed by atoms with Gasteiger partial charge in [0.15, 0.2) is 28.8 Å². The van der Waals surface area contributed by atoms with Crippen LogP contribution in [0, 0.1) is 0 Å². The van der Waals surface area contributed by atoms with Gasteiger partial charge in [-0.2, -0.15) is 0 Å². The van der Waals surface area contributed by atoms with Crippen molar-refractivity contribution >= 4 is 43.0 Å². The number of methoxy groups -OCH3 is 4. The van der Waals surface area contributed by atoms with Crippen molar-refractivity contribution in [1.29, 1.82) is 0 Å². The molecule has 0 saturated heterocycles. The minimum absolute atomic E-state index is 0.0403. The first-order chi connectivity index (χ1) is 25.2. The highest BCUT2D eigenvalue weighted by Gasteiger charge is 2.37. The largest absolute Gasteiger partial charge is 0.493 e. The minimum Gasteiger partial charge on any atom is -0.493 e. The van der Waals surface area contributed by atoms with E-state index in [9.17, 15) is 9.36 Å². The third-order valence-corrected chi connectivity index (χ3v) is 10.2. The molecule has 0 saturated carbocycles. The first-order valence-corrected chi connectivity index (χ1v) is 18.6. The van der Waals surface area contributed by atoms with Gasteiger partial charge in [0.2, 0.25) is 5.75 Å². The standard InChI is InChI=1S/C39H45ClNO10P/c1-7-50-52(43,51-8-2)39(30-10-9-11-31(40)26-30)41-32-17-14-28(15-18-32)25-37(42)49-21-20-48-34-22-27(16-19-33(34)44-3)12-13-29-23-35(45-4)38(47-6)36(24-29)46-5/h9-19,22-24,26,39,41H,7-8,20-21,25H2,1-6H3/b13-12-. The molecule has 0 amide bonds. The zero-order valence-corrected chi connectivity index (χ0v) is 31.8. The predicted octanol–water partition coefficient (Wildman–Crippen LogP) is 9.09. The lowest BCUT2D eigenvalue weighted by atomic mass is 10.1. The molecule has 0 bridgehead atoms. The third-order valence-electron chi connectivity index (χ3n) is 7.65. The van der Waals surface area contributed by atoms with Crippen LogP contribution in [0.1, 0.15) is 41.9 Å². The fourth-order valence-corrected chi connectivity index (χ4v) is 7.39. The molecular formula is C39H45ClNO10P. The number of nitrogens with one attached hydrogen (secondary N) is 1. The Morgan fingerprint density at radius 2 is 1.38 bits per heavy atom. The Kier molecular flexibility index (Phi) is 15.3. The lowest BCUT2D eigenvalue weighted by molar-refractivity contribution is -0.143. The average molecular weight is 754 g/mol. The Balaban J connectivity index is 1.34. The van der Waals surface area contributed by atoms with Crippen LogP contribution < -0.4 is 29.0 Å². The van der Waals surface area contributed by atoms with Crippen molar-refractivity contribution in [1.82, 2.24) is 0 Å². The van der Waals surface area contributed by atoms with Gasteiger partial charge in [0.1, 0.15) is 13.2 Å². The average Bonchev–Trinajstić information content (AvgIpc) is 3.15. The first kappa shape index (κ1) is 40.1. The minimum atomic E-state index is -3.62. The summed E-state index contributed by atoms with van der Waals surface area (Å²) in [5, 5.41) is 3.78. The van der Waals surface area contributed by atoms with Crippen molar-refractivity contribution in [3.8, 4) is 28.7 Å². The number of hydrogen-bond donors (Lipinski definition) is 1. The van der Waals surface area contributed by atoms with E-state index < -0.39 is 19.3 Å². The van der Waals surface area contributed by atoms with E-state index in [-0.39, 0.29) is 32.8 Å². The third kappa shape index (κ3) is 10.9. The lowest BCUT2D eigenvalue weighted by Crippen LogP contribution is -2.16. The van der Waals surface area contributed by atoms with E-state index in [1.54, 1.807) is 90.8 Å². The van der Waals surface area contributed by atoms with Crippen molar-refractivity contribution in [2.75, 3.05) is 60.2 Å². The highest BCUT2D eigenvalue weighted by Crippen LogP contribution is 2.61. The maximum Gasteiger partial charge on any atom is 0.357 e. The highest BCUT2D eigenvalue weighted by atomic mass is 35.5. The second-order valence-electron chi connectivity index (χ2n) is 11.1. The van der Waals surface area contributed by atoms with Gasteiger partial charge in [0.05, 0.1) is 48.1 Å². The maximum atomic E-state index is 13.8. The van der Waals surface area contributed by atoms with Gasteiger partial charge in [-0.25, -0.2) is 0 Å². The van der Waals surface area contributed by atoms with Gasteiger partial charge >= 0.3 is 13.6 Å². The number of halogens is 1. The summed E-state index contributed by atoms with van der Waals surface area (Å²) in [7, 11) is 2.63. The molecule has 278 valence electrons. The molecule has 0 aliphatic carbocycles. The molecule has 1 atom stereocenters. The van der Waals surface area contributed by atoms with Crippen molar-refractivity contribution in [3.63, 3.8) is 0 Å². The molecule has 0 fully saturated rings. The normalized spacial score (nSPS) is 11.9. The smallest absolute Gasteiger partial charge is 0.357 e. The number of hydrogen-bond acceptors (Lipinski definition) is 11. The van der Waals surface area contributed by atoms with Gasteiger partial charge in [-0.15, -0.1) is 0 Å². The molecule has 1 unspecified atom stereocenters. The van der Waals surface area contributed by atoms with Crippen LogP contribution in [-0.2, 0) is 29.6 Å². The Bertz CT molecular complexity index is 1810. The molecular weight excluding hydrogens is 709 g/mol. The molecule has 0 aliphatic heterocycles. The van der Waals surface area contributed by atoms with E-state index >= 15 is 0 Å². The van der Waals surface area contributed by atoms with E-state index in [1.807, 2.05) is 42.5 Å². The van der Waals surface area contributed by atoms with Gasteiger partial charge in [-0.1, -0.05) is 54.1 Å². The number of rotatable bonds is 20. The van der Waals surface area contributed by atoms with E-state index in [0.29, 0.717) is 45.0 Å². The van der Waals surface area contributed by atoms with Crippen LogP contribution in [0.25, 0.3) is 12.2 Å². The summed E-state index contributed by atoms with van der Waals surface area (Å²) >= 11 is 6.25. The number of benzene rings is 4. The second-order valence-corrected chi connectivity index (χ2v) is 13.7. The van der Waals surface area contributed by atoms with Crippen molar-refractivity contribution in [2.45, 2.75) is 26.1 Å². The molecule has 0 radical (unpaired) electrons. The Morgan fingerprint density at radius 3 is 1.98 bits per heavy atom. The van der Waals surface area contributed by atoms with Crippen molar-refractivity contribution < 1.29 is 46.8 Å². The van der Waals surface area contributed by atoms with Crippen LogP contribution in [0.4, 0.5) is 5.69 Å².